The molecule has 1 aromatic heterocycles. The van der Waals surface area contributed by atoms with Gasteiger partial charge in [0.25, 0.3) is 0 Å². The van der Waals surface area contributed by atoms with Gasteiger partial charge in [0.05, 0.1) is 11.1 Å². The molecule has 1 fully saturated rings. The van der Waals surface area contributed by atoms with Gasteiger partial charge in [0, 0.05) is 19.7 Å². The van der Waals surface area contributed by atoms with Crippen LogP contribution in [0.2, 0.25) is 0 Å². The SMILES string of the molecule is CCCC1(C(=O)O)CCN(Cc2cc(COC)on2)CC1. The van der Waals surface area contributed by atoms with Crippen molar-refractivity contribution in [2.75, 3.05) is 20.2 Å². The van der Waals surface area contributed by atoms with Crippen molar-refractivity contribution < 1.29 is 19.2 Å². The number of hydrogen-bond acceptors (Lipinski definition) is 5. The number of carboxylic acid groups (broad SMARTS) is 1. The molecule has 0 saturated carbocycles. The normalized spacial score (nSPS) is 18.8. The molecule has 0 aromatic carbocycles. The van der Waals surface area contributed by atoms with Crippen LogP contribution >= 0.6 is 0 Å². The van der Waals surface area contributed by atoms with Crippen LogP contribution < -0.4 is 0 Å². The Morgan fingerprint density at radius 3 is 2.81 bits per heavy atom. The lowest BCUT2D eigenvalue weighted by molar-refractivity contribution is -0.152. The molecule has 118 valence electrons. The summed E-state index contributed by atoms with van der Waals surface area (Å²) < 4.78 is 10.2. The third kappa shape index (κ3) is 3.83. The summed E-state index contributed by atoms with van der Waals surface area (Å²) in [6.45, 7) is 4.75. The topological polar surface area (TPSA) is 75.8 Å². The highest BCUT2D eigenvalue weighted by Crippen LogP contribution is 2.36. The van der Waals surface area contributed by atoms with Gasteiger partial charge in [-0.1, -0.05) is 18.5 Å². The second-order valence-electron chi connectivity index (χ2n) is 5.83. The van der Waals surface area contributed by atoms with Crippen molar-refractivity contribution in [3.63, 3.8) is 0 Å². The monoisotopic (exact) mass is 296 g/mol. The Balaban J connectivity index is 1.89. The predicted molar refractivity (Wildman–Crippen MR) is 76.7 cm³/mol. The van der Waals surface area contributed by atoms with E-state index in [1.54, 1.807) is 7.11 Å². The highest BCUT2D eigenvalue weighted by molar-refractivity contribution is 5.74. The van der Waals surface area contributed by atoms with E-state index in [0.717, 1.165) is 37.4 Å². The average Bonchev–Trinajstić information content (AvgIpc) is 2.89. The maximum atomic E-state index is 11.5. The molecule has 1 saturated heterocycles. The molecule has 0 spiro atoms. The third-order valence-electron chi connectivity index (χ3n) is 4.28. The van der Waals surface area contributed by atoms with Crippen molar-refractivity contribution in [1.29, 1.82) is 0 Å². The van der Waals surface area contributed by atoms with Crippen molar-refractivity contribution >= 4 is 5.97 Å². The lowest BCUT2D eigenvalue weighted by Crippen LogP contribution is -2.44. The fourth-order valence-electron chi connectivity index (χ4n) is 3.06. The molecule has 0 atom stereocenters. The van der Waals surface area contributed by atoms with Crippen LogP contribution in [0.1, 0.15) is 44.1 Å². The molecule has 1 N–H and O–H groups in total. The minimum absolute atomic E-state index is 0.422. The van der Waals surface area contributed by atoms with Crippen LogP contribution in [0.25, 0.3) is 0 Å². The summed E-state index contributed by atoms with van der Waals surface area (Å²) in [4.78, 5) is 13.8. The number of carbonyl (C=O) groups is 1. The molecule has 0 bridgehead atoms. The minimum Gasteiger partial charge on any atom is -0.481 e. The number of nitrogens with zero attached hydrogens (tertiary/aromatic N) is 2. The minimum atomic E-state index is -0.646. The molecule has 21 heavy (non-hydrogen) atoms. The highest BCUT2D eigenvalue weighted by atomic mass is 16.5. The molecule has 2 heterocycles. The number of aliphatic carboxylic acids is 1. The molecular formula is C15H24N2O4. The van der Waals surface area contributed by atoms with Gasteiger partial charge in [-0.3, -0.25) is 9.69 Å². The lowest BCUT2D eigenvalue weighted by Gasteiger charge is -2.38. The fraction of sp³-hybridized carbons (Fsp3) is 0.733. The number of hydrogen-bond donors (Lipinski definition) is 1. The van der Waals surface area contributed by atoms with Crippen LogP contribution in [0.4, 0.5) is 0 Å². The van der Waals surface area contributed by atoms with Gasteiger partial charge >= 0.3 is 5.97 Å². The zero-order chi connectivity index (χ0) is 15.3. The Morgan fingerprint density at radius 1 is 1.52 bits per heavy atom. The smallest absolute Gasteiger partial charge is 0.309 e. The van der Waals surface area contributed by atoms with E-state index in [0.29, 0.717) is 26.0 Å². The van der Waals surface area contributed by atoms with Gasteiger partial charge in [0.2, 0.25) is 0 Å². The first-order valence-electron chi connectivity index (χ1n) is 7.49. The van der Waals surface area contributed by atoms with E-state index in [1.807, 2.05) is 13.0 Å². The standard InChI is InChI=1S/C15H24N2O4/c1-3-4-15(14(18)19)5-7-17(8-6-15)10-12-9-13(11-20-2)21-16-12/h9H,3-8,10-11H2,1-2H3,(H,18,19). The number of rotatable bonds is 7. The van der Waals surface area contributed by atoms with Crippen molar-refractivity contribution in [3.8, 4) is 0 Å². The number of likely N-dealkylation sites (tertiary alicyclic amines) is 1. The van der Waals surface area contributed by atoms with Crippen molar-refractivity contribution in [1.82, 2.24) is 10.1 Å². The summed E-state index contributed by atoms with van der Waals surface area (Å²) in [5.74, 6) is 0.0724. The first-order chi connectivity index (χ1) is 10.1. The van der Waals surface area contributed by atoms with Gasteiger partial charge in [0.1, 0.15) is 6.61 Å². The van der Waals surface area contributed by atoms with E-state index in [1.165, 1.54) is 0 Å². The van der Waals surface area contributed by atoms with Crippen LogP contribution in [-0.2, 0) is 22.7 Å². The molecule has 1 aromatic rings. The van der Waals surface area contributed by atoms with Gasteiger partial charge in [-0.25, -0.2) is 0 Å². The highest BCUT2D eigenvalue weighted by Gasteiger charge is 2.40. The molecule has 0 radical (unpaired) electrons. The van der Waals surface area contributed by atoms with E-state index in [9.17, 15) is 9.90 Å². The van der Waals surface area contributed by atoms with Crippen molar-refractivity contribution in [2.45, 2.75) is 45.8 Å². The number of carboxylic acids is 1. The number of aromatic nitrogens is 1. The Morgan fingerprint density at radius 2 is 2.24 bits per heavy atom. The summed E-state index contributed by atoms with van der Waals surface area (Å²) in [6, 6.07) is 1.90. The Kier molecular flexibility index (Phi) is 5.36. The number of ether oxygens (including phenoxy) is 1. The molecule has 0 unspecified atom stereocenters. The van der Waals surface area contributed by atoms with Crippen LogP contribution in [0.5, 0.6) is 0 Å². The molecule has 0 aliphatic carbocycles. The zero-order valence-corrected chi connectivity index (χ0v) is 12.8. The summed E-state index contributed by atoms with van der Waals surface area (Å²) >= 11 is 0. The average molecular weight is 296 g/mol. The van der Waals surface area contributed by atoms with E-state index in [4.69, 9.17) is 9.26 Å². The van der Waals surface area contributed by atoms with Crippen LogP contribution in [0, 0.1) is 5.41 Å². The number of piperidine rings is 1. The Hall–Kier alpha value is -1.40. The molecular weight excluding hydrogens is 272 g/mol. The van der Waals surface area contributed by atoms with Crippen molar-refractivity contribution in [3.05, 3.63) is 17.5 Å². The second-order valence-corrected chi connectivity index (χ2v) is 5.83. The maximum absolute atomic E-state index is 11.5. The third-order valence-corrected chi connectivity index (χ3v) is 4.28. The van der Waals surface area contributed by atoms with Crippen LogP contribution in [-0.4, -0.2) is 41.3 Å². The molecule has 6 nitrogen and oxygen atoms in total. The summed E-state index contributed by atoms with van der Waals surface area (Å²) in [6.07, 6.45) is 3.09. The maximum Gasteiger partial charge on any atom is 0.309 e. The molecule has 0 amide bonds. The largest absolute Gasteiger partial charge is 0.481 e. The Bertz CT molecular complexity index is 464. The van der Waals surface area contributed by atoms with Gasteiger partial charge < -0.3 is 14.4 Å². The quantitative estimate of drug-likeness (QED) is 0.832. The van der Waals surface area contributed by atoms with E-state index in [2.05, 4.69) is 10.1 Å². The molecule has 6 heteroatoms. The Labute approximate surface area is 125 Å². The summed E-state index contributed by atoms with van der Waals surface area (Å²) in [7, 11) is 1.62. The van der Waals surface area contributed by atoms with E-state index in [-0.39, 0.29) is 0 Å². The predicted octanol–water partition coefficient (Wildman–Crippen LogP) is 2.29. The van der Waals surface area contributed by atoms with Gasteiger partial charge in [0.15, 0.2) is 5.76 Å². The van der Waals surface area contributed by atoms with Crippen LogP contribution in [0.15, 0.2) is 10.6 Å². The van der Waals surface area contributed by atoms with Crippen molar-refractivity contribution in [2.24, 2.45) is 5.41 Å². The fourth-order valence-corrected chi connectivity index (χ4v) is 3.06. The lowest BCUT2D eigenvalue weighted by atomic mass is 9.75. The van der Waals surface area contributed by atoms with Gasteiger partial charge in [-0.05, 0) is 32.4 Å². The van der Waals surface area contributed by atoms with E-state index >= 15 is 0 Å². The summed E-state index contributed by atoms with van der Waals surface area (Å²) in [5, 5.41) is 13.5. The van der Waals surface area contributed by atoms with Gasteiger partial charge in [-0.2, -0.15) is 0 Å². The molecule has 1 aliphatic rings. The molecule has 1 aliphatic heterocycles. The zero-order valence-electron chi connectivity index (χ0n) is 12.8. The van der Waals surface area contributed by atoms with Gasteiger partial charge in [-0.15, -0.1) is 0 Å². The summed E-state index contributed by atoms with van der Waals surface area (Å²) in [5.41, 5.74) is 0.344. The van der Waals surface area contributed by atoms with Crippen LogP contribution in [0.3, 0.4) is 0 Å². The first kappa shape index (κ1) is 16.0. The number of methoxy groups -OCH3 is 1. The van der Waals surface area contributed by atoms with E-state index < -0.39 is 11.4 Å². The molecule has 2 rings (SSSR count). The second kappa shape index (κ2) is 7.04. The first-order valence-corrected chi connectivity index (χ1v) is 7.49.